The minimum atomic E-state index is -1.20. The molecule has 0 saturated carbocycles. The Kier molecular flexibility index (Phi) is 5.52. The van der Waals surface area contributed by atoms with Gasteiger partial charge in [0.05, 0.1) is 27.5 Å². The van der Waals surface area contributed by atoms with Gasteiger partial charge >= 0.3 is 5.97 Å². The molecular formula is C11H17BrN2O3S. The molecule has 1 N–H and O–H groups in total. The Balaban J connectivity index is 2.76. The quantitative estimate of drug-likeness (QED) is 0.858. The van der Waals surface area contributed by atoms with Crippen molar-refractivity contribution in [2.45, 2.75) is 26.0 Å². The molecular weight excluding hydrogens is 320 g/mol. The van der Waals surface area contributed by atoms with Crippen molar-refractivity contribution in [1.82, 2.24) is 9.78 Å². The van der Waals surface area contributed by atoms with Crippen LogP contribution in [0.4, 0.5) is 0 Å². The SMILES string of the molecule is CCc1nn(C)c(CS(=O)CC(C)C(=O)O)c1Br. The lowest BCUT2D eigenvalue weighted by Gasteiger charge is -2.07. The van der Waals surface area contributed by atoms with E-state index in [4.69, 9.17) is 5.11 Å². The van der Waals surface area contributed by atoms with Crippen LogP contribution in [0.15, 0.2) is 4.47 Å². The Morgan fingerprint density at radius 1 is 1.61 bits per heavy atom. The largest absolute Gasteiger partial charge is 0.481 e. The molecule has 7 heteroatoms. The standard InChI is InChI=1S/C11H17BrN2O3S/c1-4-8-10(12)9(14(3)13-8)6-18(17)5-7(2)11(15)16/h7H,4-6H2,1-3H3,(H,15,16). The van der Waals surface area contributed by atoms with E-state index in [0.29, 0.717) is 5.75 Å². The number of nitrogens with zero attached hydrogens (tertiary/aromatic N) is 2. The number of aliphatic carboxylic acids is 1. The fourth-order valence-corrected chi connectivity index (χ4v) is 3.93. The van der Waals surface area contributed by atoms with Crippen LogP contribution in [-0.2, 0) is 34.8 Å². The van der Waals surface area contributed by atoms with Crippen LogP contribution in [0.1, 0.15) is 25.2 Å². The third kappa shape index (κ3) is 3.65. The molecule has 5 nitrogen and oxygen atoms in total. The average molecular weight is 337 g/mol. The smallest absolute Gasteiger partial charge is 0.307 e. The van der Waals surface area contributed by atoms with Crippen LogP contribution in [0, 0.1) is 5.92 Å². The number of hydrogen-bond acceptors (Lipinski definition) is 3. The predicted octanol–water partition coefficient (Wildman–Crippen LogP) is 1.71. The molecule has 102 valence electrons. The van der Waals surface area contributed by atoms with Gasteiger partial charge in [-0.05, 0) is 22.4 Å². The van der Waals surface area contributed by atoms with Gasteiger partial charge in [-0.25, -0.2) is 0 Å². The highest BCUT2D eigenvalue weighted by Crippen LogP contribution is 2.23. The molecule has 0 fully saturated rings. The van der Waals surface area contributed by atoms with Crippen LogP contribution in [-0.4, -0.2) is 30.8 Å². The first-order valence-corrected chi connectivity index (χ1v) is 7.92. The minimum absolute atomic E-state index is 0.161. The Bertz CT molecular complexity index is 473. The van der Waals surface area contributed by atoms with Crippen LogP contribution in [0.2, 0.25) is 0 Å². The lowest BCUT2D eigenvalue weighted by Crippen LogP contribution is -2.18. The lowest BCUT2D eigenvalue weighted by atomic mass is 10.2. The van der Waals surface area contributed by atoms with Crippen LogP contribution in [0.3, 0.4) is 0 Å². The van der Waals surface area contributed by atoms with E-state index in [-0.39, 0.29) is 5.75 Å². The Hall–Kier alpha value is -0.690. The zero-order chi connectivity index (χ0) is 13.9. The van der Waals surface area contributed by atoms with E-state index in [0.717, 1.165) is 22.3 Å². The van der Waals surface area contributed by atoms with Crippen LogP contribution in [0.5, 0.6) is 0 Å². The van der Waals surface area contributed by atoms with Crippen molar-refractivity contribution in [3.05, 3.63) is 15.9 Å². The Morgan fingerprint density at radius 3 is 2.67 bits per heavy atom. The molecule has 0 aliphatic rings. The molecule has 1 rings (SSSR count). The average Bonchev–Trinajstić information content (AvgIpc) is 2.56. The highest BCUT2D eigenvalue weighted by atomic mass is 79.9. The van der Waals surface area contributed by atoms with E-state index >= 15 is 0 Å². The van der Waals surface area contributed by atoms with Crippen molar-refractivity contribution in [1.29, 1.82) is 0 Å². The zero-order valence-electron chi connectivity index (χ0n) is 10.6. The summed E-state index contributed by atoms with van der Waals surface area (Å²) in [4.78, 5) is 10.7. The number of halogens is 1. The molecule has 18 heavy (non-hydrogen) atoms. The molecule has 0 aliphatic carbocycles. The number of carbonyl (C=O) groups is 1. The maximum absolute atomic E-state index is 11.9. The van der Waals surface area contributed by atoms with Crippen LogP contribution >= 0.6 is 15.9 Å². The van der Waals surface area contributed by atoms with Gasteiger partial charge in [-0.1, -0.05) is 13.8 Å². The summed E-state index contributed by atoms with van der Waals surface area (Å²) in [5.41, 5.74) is 1.78. The van der Waals surface area contributed by atoms with Gasteiger partial charge in [0.15, 0.2) is 0 Å². The van der Waals surface area contributed by atoms with Crippen molar-refractivity contribution in [2.24, 2.45) is 13.0 Å². The maximum atomic E-state index is 11.9. The third-order valence-electron chi connectivity index (χ3n) is 2.66. The van der Waals surface area contributed by atoms with Gasteiger partial charge in [-0.2, -0.15) is 5.10 Å². The topological polar surface area (TPSA) is 72.2 Å². The number of hydrogen-bond donors (Lipinski definition) is 1. The minimum Gasteiger partial charge on any atom is -0.481 e. The summed E-state index contributed by atoms with van der Waals surface area (Å²) in [6.45, 7) is 3.57. The van der Waals surface area contributed by atoms with E-state index in [9.17, 15) is 9.00 Å². The molecule has 0 spiro atoms. The Labute approximate surface area is 117 Å². The van der Waals surface area contributed by atoms with Crippen molar-refractivity contribution >= 4 is 32.7 Å². The van der Waals surface area contributed by atoms with E-state index in [1.165, 1.54) is 0 Å². The highest BCUT2D eigenvalue weighted by Gasteiger charge is 2.19. The highest BCUT2D eigenvalue weighted by molar-refractivity contribution is 9.10. The zero-order valence-corrected chi connectivity index (χ0v) is 13.0. The van der Waals surface area contributed by atoms with Gasteiger partial charge in [-0.3, -0.25) is 13.7 Å². The second-order valence-electron chi connectivity index (χ2n) is 4.17. The lowest BCUT2D eigenvalue weighted by molar-refractivity contribution is -0.140. The monoisotopic (exact) mass is 336 g/mol. The molecule has 2 unspecified atom stereocenters. The maximum Gasteiger partial charge on any atom is 0.307 e. The number of carboxylic acids is 1. The molecule has 1 heterocycles. The molecule has 0 bridgehead atoms. The molecule has 0 amide bonds. The van der Waals surface area contributed by atoms with Crippen LogP contribution < -0.4 is 0 Å². The van der Waals surface area contributed by atoms with E-state index in [2.05, 4.69) is 21.0 Å². The molecule has 1 aromatic heterocycles. The molecule has 0 aliphatic heterocycles. The number of carboxylic acid groups (broad SMARTS) is 1. The summed E-state index contributed by atoms with van der Waals surface area (Å²) in [6.07, 6.45) is 0.798. The molecule has 1 aromatic rings. The third-order valence-corrected chi connectivity index (χ3v) is 5.04. The Morgan fingerprint density at radius 2 is 2.22 bits per heavy atom. The number of aryl methyl sites for hydroxylation is 2. The second kappa shape index (κ2) is 6.47. The molecule has 0 aromatic carbocycles. The summed E-state index contributed by atoms with van der Waals surface area (Å²) >= 11 is 3.45. The van der Waals surface area contributed by atoms with Crippen LogP contribution in [0.25, 0.3) is 0 Å². The van der Waals surface area contributed by atoms with Crippen molar-refractivity contribution in [3.63, 3.8) is 0 Å². The first-order chi connectivity index (χ1) is 8.36. The fraction of sp³-hybridized carbons (Fsp3) is 0.636. The van der Waals surface area contributed by atoms with Gasteiger partial charge in [0, 0.05) is 23.6 Å². The molecule has 0 radical (unpaired) electrons. The van der Waals surface area contributed by atoms with E-state index < -0.39 is 22.7 Å². The summed E-state index contributed by atoms with van der Waals surface area (Å²) in [6, 6.07) is 0. The predicted molar refractivity (Wildman–Crippen MR) is 73.8 cm³/mol. The van der Waals surface area contributed by atoms with Crippen molar-refractivity contribution in [3.8, 4) is 0 Å². The van der Waals surface area contributed by atoms with Crippen molar-refractivity contribution < 1.29 is 14.1 Å². The summed E-state index contributed by atoms with van der Waals surface area (Å²) in [5, 5.41) is 13.1. The summed E-state index contributed by atoms with van der Waals surface area (Å²) in [5.74, 6) is -1.03. The normalized spacial score (nSPS) is 14.4. The van der Waals surface area contributed by atoms with Gasteiger partial charge in [-0.15, -0.1) is 0 Å². The van der Waals surface area contributed by atoms with Gasteiger partial charge < -0.3 is 5.11 Å². The van der Waals surface area contributed by atoms with E-state index in [1.807, 2.05) is 6.92 Å². The van der Waals surface area contributed by atoms with Gasteiger partial charge in [0.2, 0.25) is 0 Å². The summed E-state index contributed by atoms with van der Waals surface area (Å²) < 4.78 is 14.5. The van der Waals surface area contributed by atoms with Gasteiger partial charge in [0.25, 0.3) is 0 Å². The van der Waals surface area contributed by atoms with Crippen molar-refractivity contribution in [2.75, 3.05) is 5.75 Å². The number of rotatable bonds is 6. The fourth-order valence-electron chi connectivity index (χ4n) is 1.54. The molecule has 2 atom stereocenters. The first-order valence-electron chi connectivity index (χ1n) is 5.64. The molecule has 0 saturated heterocycles. The second-order valence-corrected chi connectivity index (χ2v) is 6.47. The van der Waals surface area contributed by atoms with Gasteiger partial charge in [0.1, 0.15) is 0 Å². The number of aromatic nitrogens is 2. The van der Waals surface area contributed by atoms with E-state index in [1.54, 1.807) is 18.7 Å². The first kappa shape index (κ1) is 15.4. The summed E-state index contributed by atoms with van der Waals surface area (Å²) in [7, 11) is 0.600.